The standard InChI is InChI=1S/C11H16NO/c12-11(8-4-5-9-13)10-6-2-1-3-7-10/h2-3,6-7,11,13H,4-5,8-9,12H2. The van der Waals surface area contributed by atoms with E-state index in [4.69, 9.17) is 10.8 Å². The lowest BCUT2D eigenvalue weighted by Crippen LogP contribution is -2.09. The van der Waals surface area contributed by atoms with Crippen LogP contribution in [0.5, 0.6) is 0 Å². The summed E-state index contributed by atoms with van der Waals surface area (Å²) < 4.78 is 0. The average molecular weight is 178 g/mol. The molecule has 1 unspecified atom stereocenters. The van der Waals surface area contributed by atoms with Gasteiger partial charge in [-0.2, -0.15) is 0 Å². The van der Waals surface area contributed by atoms with Crippen LogP contribution in [0.2, 0.25) is 0 Å². The molecule has 13 heavy (non-hydrogen) atoms. The van der Waals surface area contributed by atoms with Crippen LogP contribution < -0.4 is 5.73 Å². The maximum absolute atomic E-state index is 8.60. The first kappa shape index (κ1) is 10.2. The van der Waals surface area contributed by atoms with E-state index in [-0.39, 0.29) is 12.6 Å². The molecule has 0 saturated carbocycles. The molecule has 0 fully saturated rings. The third kappa shape index (κ3) is 3.57. The Kier molecular flexibility index (Phi) is 4.50. The van der Waals surface area contributed by atoms with Crippen molar-refractivity contribution >= 4 is 0 Å². The van der Waals surface area contributed by atoms with Crippen LogP contribution in [0.15, 0.2) is 24.3 Å². The molecule has 1 radical (unpaired) electrons. The van der Waals surface area contributed by atoms with Gasteiger partial charge in [-0.15, -0.1) is 0 Å². The highest BCUT2D eigenvalue weighted by Crippen LogP contribution is 2.15. The van der Waals surface area contributed by atoms with Gasteiger partial charge >= 0.3 is 0 Å². The van der Waals surface area contributed by atoms with Crippen LogP contribution in [-0.2, 0) is 0 Å². The van der Waals surface area contributed by atoms with Gasteiger partial charge < -0.3 is 10.8 Å². The Labute approximate surface area is 79.4 Å². The summed E-state index contributed by atoms with van der Waals surface area (Å²) in [6.45, 7) is 0.259. The van der Waals surface area contributed by atoms with Crippen LogP contribution in [0.25, 0.3) is 0 Å². The van der Waals surface area contributed by atoms with Crippen molar-refractivity contribution in [2.75, 3.05) is 6.61 Å². The molecule has 2 nitrogen and oxygen atoms in total. The van der Waals surface area contributed by atoms with Gasteiger partial charge in [0.15, 0.2) is 0 Å². The highest BCUT2D eigenvalue weighted by molar-refractivity contribution is 5.17. The minimum atomic E-state index is 0.0983. The topological polar surface area (TPSA) is 46.2 Å². The molecule has 0 bridgehead atoms. The molecule has 2 heteroatoms. The second-order valence-electron chi connectivity index (χ2n) is 3.16. The van der Waals surface area contributed by atoms with Crippen molar-refractivity contribution in [1.29, 1.82) is 0 Å². The van der Waals surface area contributed by atoms with Gasteiger partial charge in [0.2, 0.25) is 0 Å². The lowest BCUT2D eigenvalue weighted by atomic mass is 10.0. The molecule has 1 rings (SSSR count). The first-order valence-electron chi connectivity index (χ1n) is 4.67. The van der Waals surface area contributed by atoms with Crippen molar-refractivity contribution in [1.82, 2.24) is 0 Å². The molecule has 0 aliphatic rings. The fourth-order valence-corrected chi connectivity index (χ4v) is 1.29. The minimum Gasteiger partial charge on any atom is -0.396 e. The van der Waals surface area contributed by atoms with E-state index in [9.17, 15) is 0 Å². The highest BCUT2D eigenvalue weighted by atomic mass is 16.2. The summed E-state index contributed by atoms with van der Waals surface area (Å²) in [5, 5.41) is 8.60. The second kappa shape index (κ2) is 5.73. The van der Waals surface area contributed by atoms with Crippen LogP contribution >= 0.6 is 0 Å². The van der Waals surface area contributed by atoms with E-state index in [1.807, 2.05) is 24.3 Å². The van der Waals surface area contributed by atoms with Crippen molar-refractivity contribution in [3.05, 3.63) is 35.9 Å². The van der Waals surface area contributed by atoms with E-state index >= 15 is 0 Å². The van der Waals surface area contributed by atoms with Gasteiger partial charge in [-0.1, -0.05) is 24.3 Å². The van der Waals surface area contributed by atoms with E-state index in [0.29, 0.717) is 0 Å². The largest absolute Gasteiger partial charge is 0.396 e. The Morgan fingerprint density at radius 1 is 1.31 bits per heavy atom. The van der Waals surface area contributed by atoms with Crippen LogP contribution in [-0.4, -0.2) is 11.7 Å². The summed E-state index contributed by atoms with van der Waals surface area (Å²) in [4.78, 5) is 0. The van der Waals surface area contributed by atoms with Gasteiger partial charge in [-0.3, -0.25) is 0 Å². The Balaban J connectivity index is 2.35. The second-order valence-corrected chi connectivity index (χ2v) is 3.16. The van der Waals surface area contributed by atoms with Gasteiger partial charge in [0.05, 0.1) is 0 Å². The minimum absolute atomic E-state index is 0.0983. The normalized spacial score (nSPS) is 12.8. The van der Waals surface area contributed by atoms with Crippen molar-refractivity contribution in [3.8, 4) is 0 Å². The lowest BCUT2D eigenvalue weighted by Gasteiger charge is -2.10. The zero-order valence-corrected chi connectivity index (χ0v) is 7.74. The number of unbranched alkanes of at least 4 members (excludes halogenated alkanes) is 1. The molecular formula is C11H16NO. The first-order chi connectivity index (χ1) is 6.34. The zero-order valence-electron chi connectivity index (χ0n) is 7.74. The third-order valence-corrected chi connectivity index (χ3v) is 2.10. The summed E-state index contributed by atoms with van der Waals surface area (Å²) in [7, 11) is 0. The quantitative estimate of drug-likeness (QED) is 0.673. The third-order valence-electron chi connectivity index (χ3n) is 2.10. The predicted octanol–water partition coefficient (Wildman–Crippen LogP) is 1.65. The molecule has 0 aliphatic heterocycles. The molecule has 3 N–H and O–H groups in total. The number of benzene rings is 1. The lowest BCUT2D eigenvalue weighted by molar-refractivity contribution is 0.281. The maximum atomic E-state index is 8.60. The number of hydrogen-bond donors (Lipinski definition) is 2. The van der Waals surface area contributed by atoms with E-state index in [2.05, 4.69) is 6.07 Å². The molecule has 0 spiro atoms. The van der Waals surface area contributed by atoms with E-state index < -0.39 is 0 Å². The highest BCUT2D eigenvalue weighted by Gasteiger charge is 2.03. The van der Waals surface area contributed by atoms with Crippen LogP contribution in [0.3, 0.4) is 0 Å². The maximum Gasteiger partial charge on any atom is 0.0431 e. The fraction of sp³-hybridized carbons (Fsp3) is 0.455. The molecule has 0 saturated heterocycles. The van der Waals surface area contributed by atoms with Crippen molar-refractivity contribution in [2.45, 2.75) is 25.3 Å². The molecule has 0 aliphatic carbocycles. The summed E-state index contributed by atoms with van der Waals surface area (Å²) in [6.07, 6.45) is 2.76. The Morgan fingerprint density at radius 2 is 2.00 bits per heavy atom. The first-order valence-corrected chi connectivity index (χ1v) is 4.67. The van der Waals surface area contributed by atoms with E-state index in [0.717, 1.165) is 24.8 Å². The molecule has 0 amide bonds. The molecule has 0 aromatic heterocycles. The fourth-order valence-electron chi connectivity index (χ4n) is 1.29. The molecule has 1 aromatic carbocycles. The molecule has 0 heterocycles. The number of nitrogens with two attached hydrogens (primary N) is 1. The molecule has 1 atom stereocenters. The van der Waals surface area contributed by atoms with Gasteiger partial charge in [0.25, 0.3) is 0 Å². The van der Waals surface area contributed by atoms with Crippen molar-refractivity contribution in [3.63, 3.8) is 0 Å². The predicted molar refractivity (Wildman–Crippen MR) is 53.1 cm³/mol. The molecule has 1 aromatic rings. The van der Waals surface area contributed by atoms with Crippen LogP contribution in [0.1, 0.15) is 30.9 Å². The van der Waals surface area contributed by atoms with Crippen molar-refractivity contribution in [2.24, 2.45) is 5.73 Å². The summed E-state index contributed by atoms with van der Waals surface area (Å²) >= 11 is 0. The monoisotopic (exact) mass is 178 g/mol. The van der Waals surface area contributed by atoms with E-state index in [1.54, 1.807) is 0 Å². The van der Waals surface area contributed by atoms with Gasteiger partial charge in [0.1, 0.15) is 0 Å². The Morgan fingerprint density at radius 3 is 2.62 bits per heavy atom. The Bertz CT molecular complexity index is 223. The van der Waals surface area contributed by atoms with Crippen LogP contribution in [0, 0.1) is 6.07 Å². The summed E-state index contributed by atoms with van der Waals surface area (Å²) in [6, 6.07) is 10.8. The SMILES string of the molecule is NC(CCCCO)c1cc[c]cc1. The number of hydrogen-bond acceptors (Lipinski definition) is 2. The van der Waals surface area contributed by atoms with Crippen LogP contribution in [0.4, 0.5) is 0 Å². The molecular weight excluding hydrogens is 162 g/mol. The Hall–Kier alpha value is -0.860. The van der Waals surface area contributed by atoms with E-state index in [1.165, 1.54) is 0 Å². The van der Waals surface area contributed by atoms with Gasteiger partial charge in [-0.25, -0.2) is 0 Å². The average Bonchev–Trinajstić information content (AvgIpc) is 2.19. The number of rotatable bonds is 5. The zero-order chi connectivity index (χ0) is 9.52. The summed E-state index contributed by atoms with van der Waals surface area (Å²) in [5.41, 5.74) is 7.09. The van der Waals surface area contributed by atoms with Crippen molar-refractivity contribution < 1.29 is 5.11 Å². The number of aliphatic hydroxyl groups excluding tert-OH is 1. The summed E-state index contributed by atoms with van der Waals surface area (Å²) in [5.74, 6) is 0. The van der Waals surface area contributed by atoms with Gasteiger partial charge in [-0.05, 0) is 30.9 Å². The number of aliphatic hydroxyl groups is 1. The van der Waals surface area contributed by atoms with Gasteiger partial charge in [0, 0.05) is 12.6 Å². The molecule has 71 valence electrons. The smallest absolute Gasteiger partial charge is 0.0431 e.